The number of ether oxygens (including phenoxy) is 1. The van der Waals surface area contributed by atoms with Gasteiger partial charge in [0.1, 0.15) is 5.75 Å². The van der Waals surface area contributed by atoms with Crippen LogP contribution in [0, 0.1) is 0 Å². The number of hydrogen-bond donors (Lipinski definition) is 0. The van der Waals surface area contributed by atoms with Gasteiger partial charge in [-0.3, -0.25) is 4.90 Å². The molecule has 30 heavy (non-hydrogen) atoms. The van der Waals surface area contributed by atoms with Crippen molar-refractivity contribution in [3.05, 3.63) is 69.2 Å². The van der Waals surface area contributed by atoms with Crippen LogP contribution in [0.1, 0.15) is 10.4 Å². The number of carbonyl (C=O) groups excluding carboxylic acids is 1. The molecule has 0 saturated heterocycles. The fraction of sp³-hybridized carbons (Fsp3) is 0.292. The quantitative estimate of drug-likeness (QED) is 0.441. The number of fused-ring (bicyclic) bond motifs is 4. The predicted molar refractivity (Wildman–Crippen MR) is 125 cm³/mol. The lowest BCUT2D eigenvalue weighted by Crippen LogP contribution is -2.31. The number of benzene rings is 2. The predicted octanol–water partition coefficient (Wildman–Crippen LogP) is 3.20. The lowest BCUT2D eigenvalue weighted by molar-refractivity contribution is 0.274. The summed E-state index contributed by atoms with van der Waals surface area (Å²) >= 11 is 3.79. The lowest BCUT2D eigenvalue weighted by Gasteiger charge is -2.26. The van der Waals surface area contributed by atoms with Crippen molar-refractivity contribution < 1.29 is 9.53 Å². The monoisotopic (exact) mass is 434 g/mol. The zero-order valence-electron chi connectivity index (χ0n) is 16.8. The topological polar surface area (TPSA) is 41.9 Å². The van der Waals surface area contributed by atoms with Gasteiger partial charge in [0, 0.05) is 51.5 Å². The van der Waals surface area contributed by atoms with Crippen LogP contribution in [0.15, 0.2) is 53.2 Å². The number of hydrogen-bond acceptors (Lipinski definition) is 6. The van der Waals surface area contributed by atoms with Crippen molar-refractivity contribution in [3.8, 4) is 5.75 Å². The molecule has 2 aliphatic heterocycles. The van der Waals surface area contributed by atoms with Crippen molar-refractivity contribution in [1.82, 2.24) is 4.90 Å². The first kappa shape index (κ1) is 19.6. The van der Waals surface area contributed by atoms with Crippen molar-refractivity contribution in [2.75, 3.05) is 31.7 Å². The van der Waals surface area contributed by atoms with Crippen molar-refractivity contribution in [1.29, 1.82) is 0 Å². The zero-order chi connectivity index (χ0) is 20.5. The standard InChI is InChI=1S/C24H22N2O2S2/c1-28-16-6-7-21-19(12-16)20(22(14-27)25-21)15-29-11-10-26-9-8-18-17-4-2-3-5-23(17)30-24(18)13-26/h2-7,12H,8-11,13,15H2,1H3. The van der Waals surface area contributed by atoms with Gasteiger partial charge < -0.3 is 4.74 Å². The molecule has 0 bridgehead atoms. The van der Waals surface area contributed by atoms with Gasteiger partial charge in [-0.05, 0) is 41.6 Å². The SMILES string of the molecule is COc1ccc2c(c1)=C(CSCCN1CCc3c(sc4ccccc34)C1)C(=C=O)N=2. The van der Waals surface area contributed by atoms with Crippen LogP contribution in [0.5, 0.6) is 5.75 Å². The fourth-order valence-electron chi connectivity index (χ4n) is 4.19. The number of thioether (sulfide) groups is 1. The average molecular weight is 435 g/mol. The number of nitrogens with zero attached hydrogens (tertiary/aromatic N) is 2. The normalized spacial score (nSPS) is 15.6. The van der Waals surface area contributed by atoms with E-state index in [1.54, 1.807) is 12.7 Å². The molecule has 0 fully saturated rings. The molecular formula is C24H22N2O2S2. The smallest absolute Gasteiger partial charge is 0.153 e. The molecule has 0 N–H and O–H groups in total. The molecule has 0 amide bonds. The van der Waals surface area contributed by atoms with Crippen LogP contribution in [0.3, 0.4) is 0 Å². The van der Waals surface area contributed by atoms with E-state index in [1.165, 1.54) is 15.0 Å². The van der Waals surface area contributed by atoms with E-state index in [1.807, 2.05) is 47.2 Å². The lowest BCUT2D eigenvalue weighted by atomic mass is 10.0. The van der Waals surface area contributed by atoms with Gasteiger partial charge in [-0.15, -0.1) is 11.3 Å². The van der Waals surface area contributed by atoms with Crippen LogP contribution in [0.25, 0.3) is 15.7 Å². The Bertz CT molecular complexity index is 1290. The van der Waals surface area contributed by atoms with Crippen LogP contribution in [-0.2, 0) is 17.8 Å². The van der Waals surface area contributed by atoms with Crippen molar-refractivity contribution in [3.63, 3.8) is 0 Å². The molecule has 6 heteroatoms. The summed E-state index contributed by atoms with van der Waals surface area (Å²) in [6.07, 6.45) is 1.13. The molecule has 0 unspecified atom stereocenters. The Balaban J connectivity index is 1.23. The summed E-state index contributed by atoms with van der Waals surface area (Å²) in [5.74, 6) is 4.58. The molecule has 0 aliphatic carbocycles. The third kappa shape index (κ3) is 3.61. The Morgan fingerprint density at radius 1 is 1.27 bits per heavy atom. The Morgan fingerprint density at radius 2 is 2.17 bits per heavy atom. The summed E-state index contributed by atoms with van der Waals surface area (Å²) in [6, 6.07) is 14.5. The van der Waals surface area contributed by atoms with Crippen LogP contribution in [-0.4, -0.2) is 42.5 Å². The number of rotatable bonds is 6. The van der Waals surface area contributed by atoms with Gasteiger partial charge in [0.2, 0.25) is 0 Å². The van der Waals surface area contributed by atoms with Crippen LogP contribution in [0.2, 0.25) is 0 Å². The van der Waals surface area contributed by atoms with Crippen molar-refractivity contribution in [2.24, 2.45) is 4.99 Å². The Labute approximate surface area is 183 Å². The second kappa shape index (κ2) is 8.40. The van der Waals surface area contributed by atoms with Crippen molar-refractivity contribution >= 4 is 44.7 Å². The van der Waals surface area contributed by atoms with Gasteiger partial charge in [-0.2, -0.15) is 11.8 Å². The van der Waals surface area contributed by atoms with Gasteiger partial charge in [0.05, 0.1) is 12.5 Å². The van der Waals surface area contributed by atoms with E-state index >= 15 is 0 Å². The molecule has 5 rings (SSSR count). The minimum atomic E-state index is 0.429. The highest BCUT2D eigenvalue weighted by Gasteiger charge is 2.21. The molecule has 152 valence electrons. The molecule has 4 nitrogen and oxygen atoms in total. The maximum Gasteiger partial charge on any atom is 0.153 e. The van der Waals surface area contributed by atoms with E-state index in [0.717, 1.165) is 59.5 Å². The van der Waals surface area contributed by atoms with Gasteiger partial charge in [-0.25, -0.2) is 9.79 Å². The summed E-state index contributed by atoms with van der Waals surface area (Å²) in [7, 11) is 1.65. The van der Waals surface area contributed by atoms with E-state index in [4.69, 9.17) is 4.74 Å². The largest absolute Gasteiger partial charge is 0.497 e. The first-order valence-corrected chi connectivity index (χ1v) is 12.0. The summed E-state index contributed by atoms with van der Waals surface area (Å²) in [4.78, 5) is 19.9. The van der Waals surface area contributed by atoms with E-state index < -0.39 is 0 Å². The molecule has 2 aliphatic rings. The first-order chi connectivity index (χ1) is 14.8. The molecule has 0 spiro atoms. The summed E-state index contributed by atoms with van der Waals surface area (Å²) < 4.78 is 6.74. The summed E-state index contributed by atoms with van der Waals surface area (Å²) in [6.45, 7) is 3.20. The summed E-state index contributed by atoms with van der Waals surface area (Å²) in [5, 5.41) is 3.27. The number of thiophene rings is 1. The molecule has 3 heterocycles. The van der Waals surface area contributed by atoms with E-state index in [2.05, 4.69) is 34.2 Å². The second-order valence-corrected chi connectivity index (χ2v) is 9.74. The number of allylic oxidation sites excluding steroid dienone is 1. The van der Waals surface area contributed by atoms with Gasteiger partial charge in [0.25, 0.3) is 0 Å². The Kier molecular flexibility index (Phi) is 5.48. The van der Waals surface area contributed by atoms with Gasteiger partial charge in [0.15, 0.2) is 11.6 Å². The molecule has 0 saturated carbocycles. The molecule has 0 radical (unpaired) electrons. The maximum atomic E-state index is 11.4. The molecule has 2 aromatic carbocycles. The highest BCUT2D eigenvalue weighted by atomic mass is 32.2. The van der Waals surface area contributed by atoms with E-state index in [9.17, 15) is 4.79 Å². The highest BCUT2D eigenvalue weighted by molar-refractivity contribution is 7.99. The number of methoxy groups -OCH3 is 1. The Morgan fingerprint density at radius 3 is 3.03 bits per heavy atom. The molecule has 0 atom stereocenters. The highest BCUT2D eigenvalue weighted by Crippen LogP contribution is 2.35. The maximum absolute atomic E-state index is 11.4. The second-order valence-electron chi connectivity index (χ2n) is 7.50. The molecular weight excluding hydrogens is 412 g/mol. The van der Waals surface area contributed by atoms with E-state index in [0.29, 0.717) is 5.70 Å². The van der Waals surface area contributed by atoms with Gasteiger partial charge >= 0.3 is 0 Å². The third-order valence-electron chi connectivity index (χ3n) is 5.77. The van der Waals surface area contributed by atoms with Crippen LogP contribution in [0.4, 0.5) is 0 Å². The summed E-state index contributed by atoms with van der Waals surface area (Å²) in [5.41, 5.74) is 2.95. The molecule has 3 aromatic rings. The fourth-order valence-corrected chi connectivity index (χ4v) is 6.51. The van der Waals surface area contributed by atoms with Crippen molar-refractivity contribution in [2.45, 2.75) is 13.0 Å². The third-order valence-corrected chi connectivity index (χ3v) is 7.93. The van der Waals surface area contributed by atoms with E-state index in [-0.39, 0.29) is 0 Å². The van der Waals surface area contributed by atoms with Gasteiger partial charge in [-0.1, -0.05) is 18.2 Å². The Hall–Kier alpha value is -2.37. The molecule has 1 aromatic heterocycles. The minimum Gasteiger partial charge on any atom is -0.497 e. The minimum absolute atomic E-state index is 0.429. The van der Waals surface area contributed by atoms with Crippen LogP contribution >= 0.6 is 23.1 Å². The van der Waals surface area contributed by atoms with Crippen LogP contribution < -0.4 is 15.3 Å². The average Bonchev–Trinajstić information content (AvgIpc) is 3.33. The zero-order valence-corrected chi connectivity index (χ0v) is 18.4. The first-order valence-electron chi connectivity index (χ1n) is 10.1.